The largest absolute Gasteiger partial charge is 0.481 e. The number of likely N-dealkylation sites (N-methyl/N-ethyl adjacent to an activating group) is 1. The van der Waals surface area contributed by atoms with Crippen molar-refractivity contribution in [3.05, 3.63) is 0 Å². The van der Waals surface area contributed by atoms with Crippen LogP contribution in [0.4, 0.5) is 0 Å². The van der Waals surface area contributed by atoms with E-state index in [-0.39, 0.29) is 0 Å². The summed E-state index contributed by atoms with van der Waals surface area (Å²) in [6.07, 6.45) is -0.417. The molecule has 0 rings (SSSR count). The number of hydrogen-bond donors (Lipinski definition) is 3. The lowest BCUT2D eigenvalue weighted by Crippen LogP contribution is -2.46. The van der Waals surface area contributed by atoms with Gasteiger partial charge in [0.15, 0.2) is 0 Å². The van der Waals surface area contributed by atoms with Gasteiger partial charge in [-0.25, -0.2) is 0 Å². The Balaban J connectivity index is 4.26. The molecule has 0 saturated carbocycles. The lowest BCUT2D eigenvalue weighted by Gasteiger charge is -2.13. The van der Waals surface area contributed by atoms with Gasteiger partial charge >= 0.3 is 5.97 Å². The summed E-state index contributed by atoms with van der Waals surface area (Å²) < 4.78 is 0. The van der Waals surface area contributed by atoms with Gasteiger partial charge in [0.05, 0.1) is 6.42 Å². The highest BCUT2D eigenvalue weighted by Crippen LogP contribution is 1.92. The van der Waals surface area contributed by atoms with E-state index in [0.717, 1.165) is 0 Å². The zero-order valence-corrected chi connectivity index (χ0v) is 7.46. The molecule has 0 aliphatic rings. The number of carboxylic acid groups (broad SMARTS) is 1. The van der Waals surface area contributed by atoms with Crippen molar-refractivity contribution < 1.29 is 19.5 Å². The van der Waals surface area contributed by atoms with Crippen LogP contribution in [0, 0.1) is 0 Å². The monoisotopic (exact) mass is 188 g/mol. The molecular weight excluding hydrogens is 176 g/mol. The van der Waals surface area contributed by atoms with Crippen LogP contribution < -0.4 is 10.6 Å². The summed E-state index contributed by atoms with van der Waals surface area (Å²) in [5.41, 5.74) is 0. The third kappa shape index (κ3) is 4.78. The van der Waals surface area contributed by atoms with Crippen molar-refractivity contribution in [1.82, 2.24) is 10.6 Å². The van der Waals surface area contributed by atoms with Crippen molar-refractivity contribution in [1.29, 1.82) is 0 Å². The normalized spacial score (nSPS) is 11.5. The van der Waals surface area contributed by atoms with E-state index >= 15 is 0 Å². The first kappa shape index (κ1) is 11.4. The zero-order valence-electron chi connectivity index (χ0n) is 7.46. The van der Waals surface area contributed by atoms with Gasteiger partial charge in [-0.3, -0.25) is 14.4 Å². The first-order chi connectivity index (χ1) is 5.97. The standard InChI is InChI=1S/C7H12N2O4/c1-4(10)9-5(3-6(11)12)7(13)8-2/h5H,3H2,1-2H3,(H,8,13)(H,9,10)(H,11,12). The number of carbonyl (C=O) groups is 3. The van der Waals surface area contributed by atoms with Gasteiger partial charge in [0.1, 0.15) is 6.04 Å². The lowest BCUT2D eigenvalue weighted by atomic mass is 10.2. The van der Waals surface area contributed by atoms with Crippen molar-refractivity contribution in [2.24, 2.45) is 0 Å². The molecular formula is C7H12N2O4. The van der Waals surface area contributed by atoms with Crippen LogP contribution in [0.5, 0.6) is 0 Å². The Labute approximate surface area is 75.3 Å². The summed E-state index contributed by atoms with van der Waals surface area (Å²) in [6, 6.07) is -1.00. The minimum Gasteiger partial charge on any atom is -0.481 e. The molecule has 0 spiro atoms. The van der Waals surface area contributed by atoms with Gasteiger partial charge < -0.3 is 15.7 Å². The topological polar surface area (TPSA) is 95.5 Å². The summed E-state index contributed by atoms with van der Waals surface area (Å²) in [5, 5.41) is 12.9. The fourth-order valence-corrected chi connectivity index (χ4v) is 0.803. The first-order valence-corrected chi connectivity index (χ1v) is 3.68. The Morgan fingerprint density at radius 2 is 1.92 bits per heavy atom. The van der Waals surface area contributed by atoms with Crippen LogP contribution in [0.25, 0.3) is 0 Å². The summed E-state index contributed by atoms with van der Waals surface area (Å²) in [7, 11) is 1.37. The van der Waals surface area contributed by atoms with E-state index in [2.05, 4.69) is 10.6 Å². The molecule has 2 amide bonds. The van der Waals surface area contributed by atoms with E-state index in [9.17, 15) is 14.4 Å². The molecule has 0 bridgehead atoms. The number of rotatable bonds is 4. The average Bonchev–Trinajstić information content (AvgIpc) is 2.00. The Morgan fingerprint density at radius 3 is 2.23 bits per heavy atom. The summed E-state index contributed by atoms with van der Waals surface area (Å²) in [6.45, 7) is 1.22. The van der Waals surface area contributed by atoms with Gasteiger partial charge in [-0.2, -0.15) is 0 Å². The minimum atomic E-state index is -1.14. The predicted molar refractivity (Wildman–Crippen MR) is 43.9 cm³/mol. The van der Waals surface area contributed by atoms with Gasteiger partial charge in [-0.1, -0.05) is 0 Å². The quantitative estimate of drug-likeness (QED) is 0.511. The van der Waals surface area contributed by atoms with Crippen molar-refractivity contribution in [2.45, 2.75) is 19.4 Å². The summed E-state index contributed by atoms with van der Waals surface area (Å²) in [4.78, 5) is 31.8. The van der Waals surface area contributed by atoms with Gasteiger partial charge in [-0.15, -0.1) is 0 Å². The van der Waals surface area contributed by atoms with Crippen LogP contribution in [0.3, 0.4) is 0 Å². The molecule has 0 aromatic heterocycles. The lowest BCUT2D eigenvalue weighted by molar-refractivity contribution is -0.140. The first-order valence-electron chi connectivity index (χ1n) is 3.68. The van der Waals surface area contributed by atoms with Gasteiger partial charge in [0, 0.05) is 14.0 Å². The van der Waals surface area contributed by atoms with E-state index in [4.69, 9.17) is 5.11 Å². The van der Waals surface area contributed by atoms with Gasteiger partial charge in [0.25, 0.3) is 0 Å². The molecule has 0 saturated heterocycles. The molecule has 0 aromatic carbocycles. The summed E-state index contributed by atoms with van der Waals surface area (Å²) >= 11 is 0. The maximum atomic E-state index is 11.0. The third-order valence-electron chi connectivity index (χ3n) is 1.32. The van der Waals surface area contributed by atoms with Gasteiger partial charge in [0.2, 0.25) is 11.8 Å². The highest BCUT2D eigenvalue weighted by atomic mass is 16.4. The second-order valence-corrected chi connectivity index (χ2v) is 2.47. The molecule has 1 unspecified atom stereocenters. The van der Waals surface area contributed by atoms with Crippen molar-refractivity contribution in [3.8, 4) is 0 Å². The molecule has 13 heavy (non-hydrogen) atoms. The highest BCUT2D eigenvalue weighted by molar-refractivity contribution is 5.89. The fourth-order valence-electron chi connectivity index (χ4n) is 0.803. The number of hydrogen-bond acceptors (Lipinski definition) is 3. The predicted octanol–water partition coefficient (Wildman–Crippen LogP) is -1.29. The molecule has 6 nitrogen and oxygen atoms in total. The van der Waals surface area contributed by atoms with Crippen molar-refractivity contribution in [2.75, 3.05) is 7.05 Å². The number of carbonyl (C=O) groups excluding carboxylic acids is 2. The maximum Gasteiger partial charge on any atom is 0.305 e. The van der Waals surface area contributed by atoms with Gasteiger partial charge in [-0.05, 0) is 0 Å². The molecule has 3 N–H and O–H groups in total. The number of aliphatic carboxylic acids is 1. The van der Waals surface area contributed by atoms with Crippen LogP contribution in [-0.4, -0.2) is 36.0 Å². The molecule has 6 heteroatoms. The summed E-state index contributed by atoms with van der Waals surface area (Å²) in [5.74, 6) is -2.09. The Hall–Kier alpha value is -1.59. The molecule has 0 aliphatic heterocycles. The van der Waals surface area contributed by atoms with Crippen LogP contribution >= 0.6 is 0 Å². The molecule has 0 fully saturated rings. The van der Waals surface area contributed by atoms with E-state index in [1.54, 1.807) is 0 Å². The van der Waals surface area contributed by atoms with Crippen LogP contribution in [-0.2, 0) is 14.4 Å². The second kappa shape index (κ2) is 5.13. The Bertz CT molecular complexity index is 211. The molecule has 1 atom stereocenters. The Kier molecular flexibility index (Phi) is 4.50. The maximum absolute atomic E-state index is 11.0. The highest BCUT2D eigenvalue weighted by Gasteiger charge is 2.20. The molecule has 0 radical (unpaired) electrons. The SMILES string of the molecule is CNC(=O)C(CC(=O)O)NC(C)=O. The van der Waals surface area contributed by atoms with Crippen molar-refractivity contribution >= 4 is 17.8 Å². The number of nitrogens with one attached hydrogen (secondary N) is 2. The van der Waals surface area contributed by atoms with Crippen LogP contribution in [0.1, 0.15) is 13.3 Å². The van der Waals surface area contributed by atoms with E-state index in [1.165, 1.54) is 14.0 Å². The molecule has 0 aliphatic carbocycles. The van der Waals surface area contributed by atoms with E-state index in [0.29, 0.717) is 0 Å². The molecule has 0 aromatic rings. The zero-order chi connectivity index (χ0) is 10.4. The van der Waals surface area contributed by atoms with Crippen molar-refractivity contribution in [3.63, 3.8) is 0 Å². The second-order valence-electron chi connectivity index (χ2n) is 2.47. The number of amides is 2. The molecule has 0 heterocycles. The smallest absolute Gasteiger partial charge is 0.305 e. The minimum absolute atomic E-state index is 0.417. The number of carboxylic acids is 1. The van der Waals surface area contributed by atoms with Crippen LogP contribution in [0.2, 0.25) is 0 Å². The van der Waals surface area contributed by atoms with Crippen LogP contribution in [0.15, 0.2) is 0 Å². The van der Waals surface area contributed by atoms with E-state index < -0.39 is 30.2 Å². The molecule has 74 valence electrons. The fraction of sp³-hybridized carbons (Fsp3) is 0.571. The van der Waals surface area contributed by atoms with E-state index in [1.807, 2.05) is 0 Å². The Morgan fingerprint density at radius 1 is 1.38 bits per heavy atom. The average molecular weight is 188 g/mol. The third-order valence-corrected chi connectivity index (χ3v) is 1.32.